The van der Waals surface area contributed by atoms with Crippen molar-refractivity contribution in [1.82, 2.24) is 25.1 Å². The predicted octanol–water partition coefficient (Wildman–Crippen LogP) is 3.52. The highest BCUT2D eigenvalue weighted by Gasteiger charge is 2.18. The Morgan fingerprint density at radius 2 is 1.81 bits per heavy atom. The summed E-state index contributed by atoms with van der Waals surface area (Å²) in [5.74, 6) is 0.689. The maximum Gasteiger partial charge on any atom is 0.295 e. The van der Waals surface area contributed by atoms with Crippen LogP contribution < -0.4 is 5.32 Å². The maximum absolute atomic E-state index is 12.9. The van der Waals surface area contributed by atoms with Gasteiger partial charge in [0.2, 0.25) is 5.82 Å². The lowest BCUT2D eigenvalue weighted by molar-refractivity contribution is 0.101. The number of likely N-dealkylation sites (N-methyl/N-ethyl adjacent to an activating group) is 1. The number of carbonyl (C=O) groups is 1. The van der Waals surface area contributed by atoms with Crippen LogP contribution in [0, 0.1) is 0 Å². The minimum atomic E-state index is -0.385. The number of hydrogen-bond acceptors (Lipinski definition) is 6. The number of aromatic nitrogens is 4. The van der Waals surface area contributed by atoms with Gasteiger partial charge in [0, 0.05) is 29.3 Å². The number of anilines is 1. The second-order valence-electron chi connectivity index (χ2n) is 7.25. The number of amidine groups is 1. The Labute approximate surface area is 186 Å². The molecule has 0 unspecified atom stereocenters. The number of halogens is 1. The summed E-state index contributed by atoms with van der Waals surface area (Å²) >= 11 is 3.48. The molecule has 0 atom stereocenters. The lowest BCUT2D eigenvalue weighted by Crippen LogP contribution is -2.23. The first kappa shape index (κ1) is 19.4. The van der Waals surface area contributed by atoms with Crippen molar-refractivity contribution < 1.29 is 4.79 Å². The molecule has 0 spiro atoms. The third-order valence-corrected chi connectivity index (χ3v) is 5.66. The molecule has 5 rings (SSSR count). The molecule has 2 heterocycles. The van der Waals surface area contributed by atoms with Crippen LogP contribution in [0.2, 0.25) is 0 Å². The lowest BCUT2D eigenvalue weighted by atomic mass is 10.1. The number of carbonyl (C=O) groups excluding carboxylic acids is 1. The van der Waals surface area contributed by atoms with Gasteiger partial charge < -0.3 is 10.2 Å². The number of amides is 1. The first-order chi connectivity index (χ1) is 15.1. The lowest BCUT2D eigenvalue weighted by Gasteiger charge is -2.14. The number of tetrazole rings is 1. The van der Waals surface area contributed by atoms with Gasteiger partial charge in [-0.25, -0.2) is 0 Å². The summed E-state index contributed by atoms with van der Waals surface area (Å²) in [6.45, 7) is 1.72. The molecular formula is C22H18BrN7O. The van der Waals surface area contributed by atoms with Gasteiger partial charge in [-0.05, 0) is 69.7 Å². The van der Waals surface area contributed by atoms with Gasteiger partial charge in [0.1, 0.15) is 5.84 Å². The molecule has 1 N–H and O–H groups in total. The highest BCUT2D eigenvalue weighted by atomic mass is 79.9. The zero-order valence-electron chi connectivity index (χ0n) is 16.7. The number of benzene rings is 3. The Morgan fingerprint density at radius 1 is 1.03 bits per heavy atom. The molecule has 9 heteroatoms. The first-order valence-electron chi connectivity index (χ1n) is 9.74. The normalized spacial score (nSPS) is 13.5. The fourth-order valence-corrected chi connectivity index (χ4v) is 3.95. The van der Waals surface area contributed by atoms with E-state index >= 15 is 0 Å². The van der Waals surface area contributed by atoms with Crippen molar-refractivity contribution in [2.75, 3.05) is 25.5 Å². The molecule has 4 aromatic rings. The highest BCUT2D eigenvalue weighted by molar-refractivity contribution is 9.10. The van der Waals surface area contributed by atoms with Crippen molar-refractivity contribution in [2.45, 2.75) is 0 Å². The fraction of sp³-hybridized carbons (Fsp3) is 0.136. The number of rotatable bonds is 4. The van der Waals surface area contributed by atoms with Gasteiger partial charge in [0.15, 0.2) is 0 Å². The van der Waals surface area contributed by atoms with Crippen LogP contribution in [0.15, 0.2) is 70.1 Å². The van der Waals surface area contributed by atoms with Crippen molar-refractivity contribution in [1.29, 1.82) is 0 Å². The molecule has 0 fully saturated rings. The van der Waals surface area contributed by atoms with E-state index in [0.29, 0.717) is 11.4 Å². The summed E-state index contributed by atoms with van der Waals surface area (Å²) in [6.07, 6.45) is 0. The van der Waals surface area contributed by atoms with Crippen molar-refractivity contribution in [2.24, 2.45) is 4.99 Å². The van der Waals surface area contributed by atoms with Crippen molar-refractivity contribution in [3.63, 3.8) is 0 Å². The Balaban J connectivity index is 1.38. The Hall–Kier alpha value is -3.59. The third-order valence-electron chi connectivity index (χ3n) is 5.16. The summed E-state index contributed by atoms with van der Waals surface area (Å²) in [6, 6.07) is 19.4. The van der Waals surface area contributed by atoms with Crippen LogP contribution in [-0.2, 0) is 0 Å². The Bertz CT molecular complexity index is 1310. The molecule has 0 radical (unpaired) electrons. The summed E-state index contributed by atoms with van der Waals surface area (Å²) in [5, 5.41) is 16.6. The molecule has 0 saturated carbocycles. The molecule has 1 aliphatic rings. The van der Waals surface area contributed by atoms with Crippen LogP contribution in [0.1, 0.15) is 16.2 Å². The molecule has 3 aromatic carbocycles. The van der Waals surface area contributed by atoms with E-state index < -0.39 is 0 Å². The van der Waals surface area contributed by atoms with E-state index in [-0.39, 0.29) is 11.7 Å². The molecule has 0 bridgehead atoms. The summed E-state index contributed by atoms with van der Waals surface area (Å²) in [7, 11) is 2.02. The van der Waals surface area contributed by atoms with Gasteiger partial charge >= 0.3 is 0 Å². The molecule has 31 heavy (non-hydrogen) atoms. The third kappa shape index (κ3) is 3.79. The molecule has 154 valence electrons. The van der Waals surface area contributed by atoms with Crippen LogP contribution in [0.4, 0.5) is 5.69 Å². The van der Waals surface area contributed by atoms with Crippen LogP contribution >= 0.6 is 15.9 Å². The van der Waals surface area contributed by atoms with Gasteiger partial charge in [-0.15, -0.1) is 5.10 Å². The standard InChI is InChI=1S/C22H18BrN7O/c1-29-11-10-24-20(29)14-3-7-18(8-4-14)25-22(31)21-26-27-28-30(21)19-9-5-15-12-17(23)6-2-16(15)13-19/h2-9,12-13H,10-11H2,1H3,(H,25,31). The number of nitrogens with one attached hydrogen (secondary N) is 1. The van der Waals surface area contributed by atoms with E-state index in [1.165, 1.54) is 4.68 Å². The number of aliphatic imine (C=N–C) groups is 1. The minimum absolute atomic E-state index is 0.112. The first-order valence-corrected chi connectivity index (χ1v) is 10.5. The van der Waals surface area contributed by atoms with Crippen molar-refractivity contribution in [3.8, 4) is 5.69 Å². The van der Waals surface area contributed by atoms with Gasteiger partial charge in [-0.3, -0.25) is 9.79 Å². The fourth-order valence-electron chi connectivity index (χ4n) is 3.57. The van der Waals surface area contributed by atoms with Crippen molar-refractivity contribution in [3.05, 3.63) is 76.5 Å². The minimum Gasteiger partial charge on any atom is -0.358 e. The Morgan fingerprint density at radius 3 is 2.58 bits per heavy atom. The summed E-state index contributed by atoms with van der Waals surface area (Å²) < 4.78 is 2.45. The number of nitrogens with zero attached hydrogens (tertiary/aromatic N) is 6. The average Bonchev–Trinajstić information content (AvgIpc) is 3.43. The topological polar surface area (TPSA) is 88.3 Å². The average molecular weight is 476 g/mol. The Kier molecular flexibility index (Phi) is 4.95. The van der Waals surface area contributed by atoms with Gasteiger partial charge in [0.05, 0.1) is 12.2 Å². The van der Waals surface area contributed by atoms with Gasteiger partial charge in [0.25, 0.3) is 5.91 Å². The summed E-state index contributed by atoms with van der Waals surface area (Å²) in [5.41, 5.74) is 2.39. The number of fused-ring (bicyclic) bond motifs is 1. The van der Waals surface area contributed by atoms with E-state index in [2.05, 4.69) is 46.7 Å². The van der Waals surface area contributed by atoms with Gasteiger partial charge in [-0.2, -0.15) is 4.68 Å². The van der Waals surface area contributed by atoms with E-state index in [9.17, 15) is 4.79 Å². The van der Waals surface area contributed by atoms with Crippen molar-refractivity contribution >= 4 is 44.1 Å². The van der Waals surface area contributed by atoms with Crippen LogP contribution in [-0.4, -0.2) is 57.0 Å². The monoisotopic (exact) mass is 475 g/mol. The molecule has 8 nitrogen and oxygen atoms in total. The molecular weight excluding hydrogens is 458 g/mol. The molecule has 1 amide bonds. The van der Waals surface area contributed by atoms with E-state index in [1.54, 1.807) is 0 Å². The molecule has 1 aliphatic heterocycles. The predicted molar refractivity (Wildman–Crippen MR) is 123 cm³/mol. The number of hydrogen-bond donors (Lipinski definition) is 1. The zero-order chi connectivity index (χ0) is 21.4. The molecule has 1 aromatic heterocycles. The van der Waals surface area contributed by atoms with E-state index in [0.717, 1.165) is 39.7 Å². The molecule has 0 aliphatic carbocycles. The SMILES string of the molecule is CN1CCN=C1c1ccc(NC(=O)c2nnnn2-c2ccc3cc(Br)ccc3c2)cc1. The second-order valence-corrected chi connectivity index (χ2v) is 8.16. The van der Waals surface area contributed by atoms with Crippen LogP contribution in [0.5, 0.6) is 0 Å². The van der Waals surface area contributed by atoms with Crippen LogP contribution in [0.25, 0.3) is 16.5 Å². The highest BCUT2D eigenvalue weighted by Crippen LogP contribution is 2.23. The maximum atomic E-state index is 12.9. The molecule has 0 saturated heterocycles. The van der Waals surface area contributed by atoms with Crippen LogP contribution in [0.3, 0.4) is 0 Å². The van der Waals surface area contributed by atoms with Gasteiger partial charge in [-0.1, -0.05) is 28.1 Å². The second kappa shape index (κ2) is 7.92. The summed E-state index contributed by atoms with van der Waals surface area (Å²) in [4.78, 5) is 19.5. The van der Waals surface area contributed by atoms with E-state index in [4.69, 9.17) is 0 Å². The quantitative estimate of drug-likeness (QED) is 0.487. The smallest absolute Gasteiger partial charge is 0.295 e. The zero-order valence-corrected chi connectivity index (χ0v) is 18.2. The van der Waals surface area contributed by atoms with E-state index in [1.807, 2.05) is 67.7 Å². The largest absolute Gasteiger partial charge is 0.358 e.